The van der Waals surface area contributed by atoms with Crippen molar-refractivity contribution in [2.45, 2.75) is 26.7 Å². The Bertz CT molecular complexity index is 225. The number of rotatable bonds is 1. The molecule has 0 fully saturated rings. The third-order valence-corrected chi connectivity index (χ3v) is 3.63. The first-order chi connectivity index (χ1) is 4.61. The van der Waals surface area contributed by atoms with Crippen molar-refractivity contribution < 1.29 is 0 Å². The molecule has 2 heteroatoms. The molecule has 0 saturated carbocycles. The number of aryl methyl sites for hydroxylation is 1. The molecule has 1 aromatic heterocycles. The fourth-order valence-electron chi connectivity index (χ4n) is 0.895. The molecule has 0 aliphatic heterocycles. The van der Waals surface area contributed by atoms with Crippen molar-refractivity contribution >= 4 is 27.3 Å². The van der Waals surface area contributed by atoms with Crippen LogP contribution in [-0.4, -0.2) is 0 Å². The highest BCUT2D eigenvalue weighted by Gasteiger charge is 2.06. The van der Waals surface area contributed by atoms with Crippen LogP contribution in [0.15, 0.2) is 10.5 Å². The van der Waals surface area contributed by atoms with Crippen molar-refractivity contribution in [1.29, 1.82) is 0 Å². The molecule has 1 aromatic rings. The molecule has 0 saturated heterocycles. The van der Waals surface area contributed by atoms with Gasteiger partial charge in [0.2, 0.25) is 0 Å². The summed E-state index contributed by atoms with van der Waals surface area (Å²) in [6.07, 6.45) is 0. The fraction of sp³-hybridized carbons (Fsp3) is 0.500. The minimum Gasteiger partial charge on any atom is -0.144 e. The van der Waals surface area contributed by atoms with E-state index in [9.17, 15) is 0 Å². The molecule has 1 rings (SSSR count). The van der Waals surface area contributed by atoms with Gasteiger partial charge < -0.3 is 0 Å². The van der Waals surface area contributed by atoms with Gasteiger partial charge in [0.05, 0.1) is 0 Å². The van der Waals surface area contributed by atoms with Crippen molar-refractivity contribution in [3.05, 3.63) is 20.3 Å². The Morgan fingerprint density at radius 1 is 1.50 bits per heavy atom. The minimum atomic E-state index is 0.646. The van der Waals surface area contributed by atoms with E-state index < -0.39 is 0 Å². The van der Waals surface area contributed by atoms with Crippen LogP contribution in [0.25, 0.3) is 0 Å². The van der Waals surface area contributed by atoms with E-state index in [0.717, 1.165) is 0 Å². The van der Waals surface area contributed by atoms with E-state index >= 15 is 0 Å². The first-order valence-corrected chi connectivity index (χ1v) is 4.98. The number of hydrogen-bond acceptors (Lipinski definition) is 1. The number of hydrogen-bond donors (Lipinski definition) is 0. The molecule has 0 amide bonds. The molecular weight excluding hydrogens is 208 g/mol. The zero-order valence-electron chi connectivity index (χ0n) is 6.44. The van der Waals surface area contributed by atoms with Gasteiger partial charge in [0.15, 0.2) is 0 Å². The average Bonchev–Trinajstić information content (AvgIpc) is 2.10. The lowest BCUT2D eigenvalue weighted by Crippen LogP contribution is -1.80. The van der Waals surface area contributed by atoms with E-state index in [1.165, 1.54) is 14.2 Å². The van der Waals surface area contributed by atoms with E-state index in [4.69, 9.17) is 0 Å². The monoisotopic (exact) mass is 218 g/mol. The Hall–Kier alpha value is 0.180. The fourth-order valence-corrected chi connectivity index (χ4v) is 3.01. The summed E-state index contributed by atoms with van der Waals surface area (Å²) in [4.78, 5) is 2.84. The Kier molecular flexibility index (Phi) is 2.53. The van der Waals surface area contributed by atoms with Crippen LogP contribution in [0, 0.1) is 6.92 Å². The Balaban J connectivity index is 3.03. The lowest BCUT2D eigenvalue weighted by molar-refractivity contribution is 0.885. The first kappa shape index (κ1) is 8.28. The Morgan fingerprint density at radius 2 is 2.10 bits per heavy atom. The number of halogens is 1. The highest BCUT2D eigenvalue weighted by Crippen LogP contribution is 2.32. The van der Waals surface area contributed by atoms with Crippen LogP contribution in [0.4, 0.5) is 0 Å². The van der Waals surface area contributed by atoms with Crippen molar-refractivity contribution in [2.24, 2.45) is 0 Å². The molecule has 0 nitrogen and oxygen atoms in total. The molecule has 0 aromatic carbocycles. The van der Waals surface area contributed by atoms with Crippen LogP contribution in [0.5, 0.6) is 0 Å². The van der Waals surface area contributed by atoms with Gasteiger partial charge in [-0.15, -0.1) is 11.3 Å². The molecule has 0 bridgehead atoms. The van der Waals surface area contributed by atoms with Crippen molar-refractivity contribution in [2.75, 3.05) is 0 Å². The summed E-state index contributed by atoms with van der Waals surface area (Å²) >= 11 is 5.40. The number of thiophene rings is 1. The first-order valence-electron chi connectivity index (χ1n) is 3.37. The SMILES string of the molecule is Cc1cc(Br)c(C(C)C)s1. The second-order valence-corrected chi connectivity index (χ2v) is 4.87. The van der Waals surface area contributed by atoms with Crippen LogP contribution in [-0.2, 0) is 0 Å². The van der Waals surface area contributed by atoms with Crippen LogP contribution < -0.4 is 0 Å². The van der Waals surface area contributed by atoms with Gasteiger partial charge in [-0.25, -0.2) is 0 Å². The van der Waals surface area contributed by atoms with E-state index in [1.54, 1.807) is 0 Å². The smallest absolute Gasteiger partial charge is 0.0319 e. The molecule has 0 N–H and O–H groups in total. The molecular formula is C8H11BrS. The third kappa shape index (κ3) is 1.61. The summed E-state index contributed by atoms with van der Waals surface area (Å²) in [6, 6.07) is 2.18. The van der Waals surface area contributed by atoms with Crippen molar-refractivity contribution in [3.63, 3.8) is 0 Å². The highest BCUT2D eigenvalue weighted by atomic mass is 79.9. The molecule has 0 aliphatic carbocycles. The van der Waals surface area contributed by atoms with Gasteiger partial charge in [-0.3, -0.25) is 0 Å². The highest BCUT2D eigenvalue weighted by molar-refractivity contribution is 9.10. The summed E-state index contributed by atoms with van der Waals surface area (Å²) in [7, 11) is 0. The molecule has 0 atom stereocenters. The molecule has 0 unspecified atom stereocenters. The van der Waals surface area contributed by atoms with Gasteiger partial charge in [0.1, 0.15) is 0 Å². The largest absolute Gasteiger partial charge is 0.144 e. The van der Waals surface area contributed by atoms with Gasteiger partial charge in [-0.2, -0.15) is 0 Å². The minimum absolute atomic E-state index is 0.646. The lowest BCUT2D eigenvalue weighted by Gasteiger charge is -1.99. The maximum Gasteiger partial charge on any atom is 0.0319 e. The molecule has 0 radical (unpaired) electrons. The van der Waals surface area contributed by atoms with Gasteiger partial charge in [0.25, 0.3) is 0 Å². The molecule has 10 heavy (non-hydrogen) atoms. The quantitative estimate of drug-likeness (QED) is 0.671. The summed E-state index contributed by atoms with van der Waals surface area (Å²) < 4.78 is 1.27. The van der Waals surface area contributed by atoms with Crippen LogP contribution in [0.1, 0.15) is 29.5 Å². The van der Waals surface area contributed by atoms with Gasteiger partial charge in [-0.1, -0.05) is 13.8 Å². The van der Waals surface area contributed by atoms with Crippen LogP contribution in [0.2, 0.25) is 0 Å². The average molecular weight is 219 g/mol. The normalized spacial score (nSPS) is 10.9. The van der Waals surface area contributed by atoms with Crippen LogP contribution in [0.3, 0.4) is 0 Å². The summed E-state index contributed by atoms with van der Waals surface area (Å²) in [5.74, 6) is 0.646. The zero-order chi connectivity index (χ0) is 7.72. The van der Waals surface area contributed by atoms with Crippen molar-refractivity contribution in [3.8, 4) is 0 Å². The maximum absolute atomic E-state index is 3.53. The summed E-state index contributed by atoms with van der Waals surface area (Å²) in [6.45, 7) is 6.58. The Morgan fingerprint density at radius 3 is 2.30 bits per heavy atom. The summed E-state index contributed by atoms with van der Waals surface area (Å²) in [5, 5.41) is 0. The zero-order valence-corrected chi connectivity index (χ0v) is 8.84. The second-order valence-electron chi connectivity index (χ2n) is 2.72. The van der Waals surface area contributed by atoms with E-state index in [0.29, 0.717) is 5.92 Å². The predicted molar refractivity (Wildman–Crippen MR) is 50.8 cm³/mol. The standard InChI is InChI=1S/C8H11BrS/c1-5(2)8-7(9)4-6(3)10-8/h4-5H,1-3H3. The molecule has 56 valence electrons. The maximum atomic E-state index is 3.53. The van der Waals surface area contributed by atoms with Gasteiger partial charge >= 0.3 is 0 Å². The van der Waals surface area contributed by atoms with E-state index in [2.05, 4.69) is 42.8 Å². The second kappa shape index (κ2) is 3.05. The predicted octanol–water partition coefficient (Wildman–Crippen LogP) is 3.94. The molecule has 1 heterocycles. The molecule has 0 spiro atoms. The van der Waals surface area contributed by atoms with E-state index in [-0.39, 0.29) is 0 Å². The summed E-state index contributed by atoms with van der Waals surface area (Å²) in [5.41, 5.74) is 0. The van der Waals surface area contributed by atoms with Gasteiger partial charge in [-0.05, 0) is 34.8 Å². The topological polar surface area (TPSA) is 0 Å². The molecule has 0 aliphatic rings. The third-order valence-electron chi connectivity index (χ3n) is 1.36. The lowest BCUT2D eigenvalue weighted by atomic mass is 10.2. The van der Waals surface area contributed by atoms with Crippen LogP contribution >= 0.6 is 27.3 Å². The van der Waals surface area contributed by atoms with Crippen molar-refractivity contribution in [1.82, 2.24) is 0 Å². The van der Waals surface area contributed by atoms with E-state index in [1.807, 2.05) is 11.3 Å². The Labute approximate surface area is 74.4 Å². The van der Waals surface area contributed by atoms with Gasteiger partial charge in [0, 0.05) is 14.2 Å².